The van der Waals surface area contributed by atoms with Gasteiger partial charge in [-0.3, -0.25) is 9.79 Å². The third-order valence-electron chi connectivity index (χ3n) is 3.68. The lowest BCUT2D eigenvalue weighted by molar-refractivity contribution is -0.128. The van der Waals surface area contributed by atoms with Gasteiger partial charge in [-0.15, -0.1) is 24.0 Å². The molecule has 7 nitrogen and oxygen atoms in total. The summed E-state index contributed by atoms with van der Waals surface area (Å²) in [5.41, 5.74) is 1.03. The Labute approximate surface area is 173 Å². The molecule has 26 heavy (non-hydrogen) atoms. The van der Waals surface area contributed by atoms with Crippen LogP contribution in [0.15, 0.2) is 23.2 Å². The van der Waals surface area contributed by atoms with Gasteiger partial charge in [-0.05, 0) is 19.1 Å². The first-order valence-electron chi connectivity index (χ1n) is 8.33. The van der Waals surface area contributed by atoms with Gasteiger partial charge in [0.15, 0.2) is 5.96 Å². The van der Waals surface area contributed by atoms with Gasteiger partial charge in [0.2, 0.25) is 5.91 Å². The number of ether oxygens (including phenoxy) is 2. The highest BCUT2D eigenvalue weighted by molar-refractivity contribution is 14.0. The van der Waals surface area contributed by atoms with Crippen LogP contribution in [0.2, 0.25) is 0 Å². The lowest BCUT2D eigenvalue weighted by atomic mass is 10.2. The Morgan fingerprint density at radius 1 is 1.19 bits per heavy atom. The van der Waals surface area contributed by atoms with Crippen molar-refractivity contribution in [2.45, 2.75) is 19.9 Å². The number of carbonyl (C=O) groups is 1. The van der Waals surface area contributed by atoms with Gasteiger partial charge in [0.1, 0.15) is 11.5 Å². The number of methoxy groups -OCH3 is 2. The Balaban J connectivity index is 0.00000625. The van der Waals surface area contributed by atoms with Crippen molar-refractivity contribution in [1.29, 1.82) is 0 Å². The molecule has 1 amide bonds. The summed E-state index contributed by atoms with van der Waals surface area (Å²) in [5, 5.41) is 3.25. The number of guanidine groups is 1. The van der Waals surface area contributed by atoms with Crippen LogP contribution in [0.5, 0.6) is 11.5 Å². The summed E-state index contributed by atoms with van der Waals surface area (Å²) in [6.45, 7) is 3.84. The molecule has 0 bridgehead atoms. The van der Waals surface area contributed by atoms with Gasteiger partial charge < -0.3 is 24.6 Å². The van der Waals surface area contributed by atoms with Crippen molar-refractivity contribution < 1.29 is 14.3 Å². The first-order valence-corrected chi connectivity index (χ1v) is 8.33. The Kier molecular flexibility index (Phi) is 11.8. The number of rotatable bonds is 8. The van der Waals surface area contributed by atoms with Gasteiger partial charge in [0.05, 0.1) is 20.8 Å². The van der Waals surface area contributed by atoms with Crippen molar-refractivity contribution in [1.82, 2.24) is 15.1 Å². The van der Waals surface area contributed by atoms with Crippen molar-refractivity contribution in [2.75, 3.05) is 48.5 Å². The second-order valence-electron chi connectivity index (χ2n) is 5.81. The SMILES string of the molecule is CCNC(=NCCC(=O)N(C)C)N(C)Cc1ccc(OC)cc1OC.I. The van der Waals surface area contributed by atoms with Gasteiger partial charge in [0.25, 0.3) is 0 Å². The molecule has 0 radical (unpaired) electrons. The molecule has 0 atom stereocenters. The van der Waals surface area contributed by atoms with Gasteiger partial charge in [-0.25, -0.2) is 0 Å². The van der Waals surface area contributed by atoms with E-state index >= 15 is 0 Å². The van der Waals surface area contributed by atoms with E-state index in [2.05, 4.69) is 10.3 Å². The van der Waals surface area contributed by atoms with Crippen molar-refractivity contribution in [3.8, 4) is 11.5 Å². The molecule has 0 saturated heterocycles. The molecule has 1 aromatic rings. The van der Waals surface area contributed by atoms with E-state index in [1.807, 2.05) is 37.1 Å². The molecule has 148 valence electrons. The zero-order valence-electron chi connectivity index (χ0n) is 16.5. The fourth-order valence-corrected chi connectivity index (χ4v) is 2.26. The highest BCUT2D eigenvalue weighted by atomic mass is 127. The third-order valence-corrected chi connectivity index (χ3v) is 3.68. The highest BCUT2D eigenvalue weighted by Gasteiger charge is 2.11. The molecule has 0 aliphatic rings. The topological polar surface area (TPSA) is 66.4 Å². The molecule has 1 rings (SSSR count). The van der Waals surface area contributed by atoms with Crippen LogP contribution in [0.1, 0.15) is 18.9 Å². The van der Waals surface area contributed by atoms with Crippen molar-refractivity contribution in [3.05, 3.63) is 23.8 Å². The average Bonchev–Trinajstić information content (AvgIpc) is 2.60. The monoisotopic (exact) mass is 478 g/mol. The maximum atomic E-state index is 11.7. The first kappa shape index (κ1) is 24.3. The Bertz CT molecular complexity index is 594. The molecule has 1 N–H and O–H groups in total. The van der Waals surface area contributed by atoms with E-state index in [0.717, 1.165) is 29.6 Å². The lowest BCUT2D eigenvalue weighted by Crippen LogP contribution is -2.38. The van der Waals surface area contributed by atoms with E-state index in [1.54, 1.807) is 33.2 Å². The standard InChI is InChI=1S/C18H30N4O3.HI/c1-7-19-18(20-11-10-17(23)21(2)3)22(4)13-14-8-9-15(24-5)12-16(14)25-6;/h8-9,12H,7,10-11,13H2,1-6H3,(H,19,20);1H. The first-order chi connectivity index (χ1) is 11.9. The molecule has 1 aromatic carbocycles. The number of carbonyl (C=O) groups excluding carboxylic acids is 1. The Hall–Kier alpha value is -1.71. The molecular formula is C18H31IN4O3. The number of nitrogens with zero attached hydrogens (tertiary/aromatic N) is 3. The number of halogens is 1. The zero-order chi connectivity index (χ0) is 18.8. The van der Waals surface area contributed by atoms with Crippen molar-refractivity contribution in [2.24, 2.45) is 4.99 Å². The fourth-order valence-electron chi connectivity index (χ4n) is 2.26. The predicted octanol–water partition coefficient (Wildman–Crippen LogP) is 2.20. The van der Waals surface area contributed by atoms with E-state index in [1.165, 1.54) is 0 Å². The van der Waals surface area contributed by atoms with Crippen LogP contribution in [0, 0.1) is 0 Å². The normalized spacial score (nSPS) is 10.6. The summed E-state index contributed by atoms with van der Waals surface area (Å²) in [4.78, 5) is 19.8. The molecule has 0 spiro atoms. The van der Waals surface area contributed by atoms with Crippen LogP contribution < -0.4 is 14.8 Å². The van der Waals surface area contributed by atoms with Crippen LogP contribution in [0.3, 0.4) is 0 Å². The van der Waals surface area contributed by atoms with Crippen LogP contribution in [-0.2, 0) is 11.3 Å². The highest BCUT2D eigenvalue weighted by Crippen LogP contribution is 2.25. The fraction of sp³-hybridized carbons (Fsp3) is 0.556. The largest absolute Gasteiger partial charge is 0.497 e. The smallest absolute Gasteiger partial charge is 0.223 e. The van der Waals surface area contributed by atoms with Gasteiger partial charge in [-0.2, -0.15) is 0 Å². The summed E-state index contributed by atoms with van der Waals surface area (Å²) in [5.74, 6) is 2.35. The minimum atomic E-state index is 0. The zero-order valence-corrected chi connectivity index (χ0v) is 18.9. The summed E-state index contributed by atoms with van der Waals surface area (Å²) >= 11 is 0. The van der Waals surface area contributed by atoms with Crippen LogP contribution >= 0.6 is 24.0 Å². The average molecular weight is 478 g/mol. The second-order valence-corrected chi connectivity index (χ2v) is 5.81. The minimum absolute atomic E-state index is 0. The number of aliphatic imine (C=N–C) groups is 1. The number of nitrogens with one attached hydrogen (secondary N) is 1. The molecule has 0 unspecified atom stereocenters. The summed E-state index contributed by atoms with van der Waals surface area (Å²) in [6, 6.07) is 5.75. The predicted molar refractivity (Wildman–Crippen MR) is 116 cm³/mol. The maximum Gasteiger partial charge on any atom is 0.223 e. The number of hydrogen-bond acceptors (Lipinski definition) is 4. The lowest BCUT2D eigenvalue weighted by Gasteiger charge is -2.23. The van der Waals surface area contributed by atoms with E-state index < -0.39 is 0 Å². The van der Waals surface area contributed by atoms with E-state index in [9.17, 15) is 4.79 Å². The quantitative estimate of drug-likeness (QED) is 0.353. The minimum Gasteiger partial charge on any atom is -0.497 e. The third kappa shape index (κ3) is 7.67. The molecular weight excluding hydrogens is 447 g/mol. The van der Waals surface area contributed by atoms with Gasteiger partial charge >= 0.3 is 0 Å². The van der Waals surface area contributed by atoms with Gasteiger partial charge in [0, 0.05) is 52.3 Å². The Morgan fingerprint density at radius 3 is 2.42 bits per heavy atom. The number of hydrogen-bond donors (Lipinski definition) is 1. The molecule has 8 heteroatoms. The second kappa shape index (κ2) is 12.6. The molecule has 0 aromatic heterocycles. The van der Waals surface area contributed by atoms with Crippen LogP contribution in [-0.4, -0.2) is 70.1 Å². The summed E-state index contributed by atoms with van der Waals surface area (Å²) < 4.78 is 10.7. The maximum absolute atomic E-state index is 11.7. The van der Waals surface area contributed by atoms with E-state index in [-0.39, 0.29) is 29.9 Å². The van der Waals surface area contributed by atoms with Crippen molar-refractivity contribution >= 4 is 35.8 Å². The van der Waals surface area contributed by atoms with Crippen LogP contribution in [0.4, 0.5) is 0 Å². The molecule has 0 saturated carbocycles. The van der Waals surface area contributed by atoms with Crippen LogP contribution in [0.25, 0.3) is 0 Å². The van der Waals surface area contributed by atoms with E-state index in [0.29, 0.717) is 19.5 Å². The summed E-state index contributed by atoms with van der Waals surface area (Å²) in [6.07, 6.45) is 0.390. The number of benzene rings is 1. The molecule has 0 heterocycles. The molecule has 0 aliphatic heterocycles. The van der Waals surface area contributed by atoms with E-state index in [4.69, 9.17) is 9.47 Å². The molecule has 0 aliphatic carbocycles. The van der Waals surface area contributed by atoms with Gasteiger partial charge in [-0.1, -0.05) is 0 Å². The molecule has 0 fully saturated rings. The van der Waals surface area contributed by atoms with Crippen molar-refractivity contribution in [3.63, 3.8) is 0 Å². The Morgan fingerprint density at radius 2 is 1.88 bits per heavy atom. The number of amides is 1. The summed E-state index contributed by atoms with van der Waals surface area (Å²) in [7, 11) is 8.73.